The van der Waals surface area contributed by atoms with Crippen molar-refractivity contribution in [2.75, 3.05) is 0 Å². The first-order chi connectivity index (χ1) is 12.0. The van der Waals surface area contributed by atoms with Crippen LogP contribution in [0, 0.1) is 19.7 Å². The van der Waals surface area contributed by atoms with Crippen molar-refractivity contribution in [3.05, 3.63) is 81.9 Å². The van der Waals surface area contributed by atoms with Crippen molar-refractivity contribution < 1.29 is 9.18 Å². The van der Waals surface area contributed by atoms with Crippen LogP contribution in [-0.2, 0) is 6.54 Å². The highest BCUT2D eigenvalue weighted by molar-refractivity contribution is 6.30. The zero-order valence-electron chi connectivity index (χ0n) is 13.9. The van der Waals surface area contributed by atoms with Gasteiger partial charge >= 0.3 is 0 Å². The van der Waals surface area contributed by atoms with Crippen molar-refractivity contribution in [2.24, 2.45) is 0 Å². The zero-order chi connectivity index (χ0) is 18.0. The van der Waals surface area contributed by atoms with E-state index < -0.39 is 0 Å². The lowest BCUT2D eigenvalue weighted by Crippen LogP contribution is -2.23. The van der Waals surface area contributed by atoms with E-state index in [0.29, 0.717) is 22.7 Å². The highest BCUT2D eigenvalue weighted by Gasteiger charge is 2.15. The predicted octanol–water partition coefficient (Wildman–Crippen LogP) is 4.21. The minimum absolute atomic E-state index is 0.223. The highest BCUT2D eigenvalue weighted by atomic mass is 35.5. The third-order valence-electron chi connectivity index (χ3n) is 4.00. The van der Waals surface area contributed by atoms with Gasteiger partial charge in [-0.1, -0.05) is 23.7 Å². The monoisotopic (exact) mass is 357 g/mol. The van der Waals surface area contributed by atoms with E-state index >= 15 is 0 Å². The summed E-state index contributed by atoms with van der Waals surface area (Å²) >= 11 is 5.90. The van der Waals surface area contributed by atoms with Crippen molar-refractivity contribution in [3.63, 3.8) is 0 Å². The SMILES string of the molecule is Cc1cc(CNC(=O)c2cnn(-c3ccc(Cl)cc3)c2C)ccc1F. The summed E-state index contributed by atoms with van der Waals surface area (Å²) in [5.41, 5.74) is 3.45. The van der Waals surface area contributed by atoms with Gasteiger partial charge in [-0.15, -0.1) is 0 Å². The van der Waals surface area contributed by atoms with Gasteiger partial charge in [-0.05, 0) is 55.3 Å². The summed E-state index contributed by atoms with van der Waals surface area (Å²) < 4.78 is 15.0. The number of nitrogens with zero attached hydrogens (tertiary/aromatic N) is 2. The lowest BCUT2D eigenvalue weighted by Gasteiger charge is -2.08. The first kappa shape index (κ1) is 17.2. The van der Waals surface area contributed by atoms with Crippen LogP contribution in [-0.4, -0.2) is 15.7 Å². The molecule has 4 nitrogen and oxygen atoms in total. The van der Waals surface area contributed by atoms with Crippen LogP contribution in [0.1, 0.15) is 27.2 Å². The van der Waals surface area contributed by atoms with Gasteiger partial charge in [0, 0.05) is 11.6 Å². The molecule has 0 radical (unpaired) electrons. The Labute approximate surface area is 150 Å². The molecule has 25 heavy (non-hydrogen) atoms. The Bertz CT molecular complexity index is 919. The van der Waals surface area contributed by atoms with Crippen molar-refractivity contribution in [2.45, 2.75) is 20.4 Å². The molecule has 1 amide bonds. The Morgan fingerprint density at radius 2 is 1.92 bits per heavy atom. The van der Waals surface area contributed by atoms with Gasteiger partial charge in [-0.2, -0.15) is 5.10 Å². The summed E-state index contributed by atoms with van der Waals surface area (Å²) in [5.74, 6) is -0.477. The number of hydrogen-bond donors (Lipinski definition) is 1. The second kappa shape index (κ2) is 7.07. The number of rotatable bonds is 4. The summed E-state index contributed by atoms with van der Waals surface area (Å²) in [6.45, 7) is 3.85. The minimum Gasteiger partial charge on any atom is -0.348 e. The van der Waals surface area contributed by atoms with Crippen molar-refractivity contribution >= 4 is 17.5 Å². The molecule has 0 aliphatic heterocycles. The quantitative estimate of drug-likeness (QED) is 0.760. The van der Waals surface area contributed by atoms with Gasteiger partial charge in [-0.3, -0.25) is 4.79 Å². The molecule has 0 aliphatic rings. The van der Waals surface area contributed by atoms with E-state index in [0.717, 1.165) is 16.9 Å². The number of aryl methyl sites for hydroxylation is 1. The van der Waals surface area contributed by atoms with Crippen LogP contribution in [0.15, 0.2) is 48.7 Å². The van der Waals surface area contributed by atoms with E-state index in [1.54, 1.807) is 35.9 Å². The molecule has 1 heterocycles. The van der Waals surface area contributed by atoms with E-state index in [1.165, 1.54) is 12.3 Å². The van der Waals surface area contributed by atoms with E-state index in [-0.39, 0.29) is 11.7 Å². The molecule has 0 atom stereocenters. The topological polar surface area (TPSA) is 46.9 Å². The number of benzene rings is 2. The molecule has 2 aromatic carbocycles. The molecule has 0 spiro atoms. The average Bonchev–Trinajstić information content (AvgIpc) is 2.98. The molecule has 128 valence electrons. The molecule has 6 heteroatoms. The van der Waals surface area contributed by atoms with Crippen LogP contribution < -0.4 is 5.32 Å². The lowest BCUT2D eigenvalue weighted by molar-refractivity contribution is 0.0950. The fraction of sp³-hybridized carbons (Fsp3) is 0.158. The van der Waals surface area contributed by atoms with Gasteiger partial charge in [0.1, 0.15) is 5.82 Å². The maximum atomic E-state index is 13.3. The normalized spacial score (nSPS) is 10.7. The number of nitrogens with one attached hydrogen (secondary N) is 1. The predicted molar refractivity (Wildman–Crippen MR) is 95.6 cm³/mol. The Hall–Kier alpha value is -2.66. The molecule has 0 saturated heterocycles. The van der Waals surface area contributed by atoms with E-state index in [9.17, 15) is 9.18 Å². The molecule has 0 saturated carbocycles. The van der Waals surface area contributed by atoms with Gasteiger partial charge in [-0.25, -0.2) is 9.07 Å². The number of carbonyl (C=O) groups excluding carboxylic acids is 1. The maximum Gasteiger partial charge on any atom is 0.255 e. The zero-order valence-corrected chi connectivity index (χ0v) is 14.6. The standard InChI is InChI=1S/C19H17ClFN3O/c1-12-9-14(3-8-18(12)21)10-22-19(25)17-11-23-24(13(17)2)16-6-4-15(20)5-7-16/h3-9,11H,10H2,1-2H3,(H,22,25). The summed E-state index contributed by atoms with van der Waals surface area (Å²) in [6, 6.07) is 12.0. The molecule has 3 rings (SSSR count). The number of carbonyl (C=O) groups is 1. The van der Waals surface area contributed by atoms with E-state index in [1.807, 2.05) is 19.1 Å². The average molecular weight is 358 g/mol. The van der Waals surface area contributed by atoms with E-state index in [2.05, 4.69) is 10.4 Å². The molecule has 1 aromatic heterocycles. The molecule has 0 aliphatic carbocycles. The Kier molecular flexibility index (Phi) is 4.86. The summed E-state index contributed by atoms with van der Waals surface area (Å²) in [5, 5.41) is 7.76. The molecule has 0 fully saturated rings. The Morgan fingerprint density at radius 3 is 2.60 bits per heavy atom. The van der Waals surface area contributed by atoms with Gasteiger partial charge < -0.3 is 5.32 Å². The second-order valence-corrected chi connectivity index (χ2v) is 6.23. The smallest absolute Gasteiger partial charge is 0.255 e. The number of hydrogen-bond acceptors (Lipinski definition) is 2. The first-order valence-electron chi connectivity index (χ1n) is 7.79. The number of halogens is 2. The van der Waals surface area contributed by atoms with Crippen molar-refractivity contribution in [1.29, 1.82) is 0 Å². The number of aromatic nitrogens is 2. The van der Waals surface area contributed by atoms with Gasteiger partial charge in [0.15, 0.2) is 0 Å². The Balaban J connectivity index is 1.74. The lowest BCUT2D eigenvalue weighted by atomic mass is 10.1. The van der Waals surface area contributed by atoms with Crippen LogP contribution in [0.4, 0.5) is 4.39 Å². The highest BCUT2D eigenvalue weighted by Crippen LogP contribution is 2.17. The van der Waals surface area contributed by atoms with Crippen molar-refractivity contribution in [3.8, 4) is 5.69 Å². The fourth-order valence-corrected chi connectivity index (χ4v) is 2.70. The maximum absolute atomic E-state index is 13.3. The van der Waals surface area contributed by atoms with Gasteiger partial charge in [0.05, 0.1) is 23.1 Å². The minimum atomic E-state index is -0.254. The second-order valence-electron chi connectivity index (χ2n) is 5.80. The third-order valence-corrected chi connectivity index (χ3v) is 4.25. The summed E-state index contributed by atoms with van der Waals surface area (Å²) in [4.78, 5) is 12.4. The molecule has 0 unspecified atom stereocenters. The van der Waals surface area contributed by atoms with Gasteiger partial charge in [0.25, 0.3) is 5.91 Å². The molecule has 0 bridgehead atoms. The molecular weight excluding hydrogens is 341 g/mol. The molecule has 1 N–H and O–H groups in total. The first-order valence-corrected chi connectivity index (χ1v) is 8.17. The van der Waals surface area contributed by atoms with Gasteiger partial charge in [0.2, 0.25) is 0 Å². The van der Waals surface area contributed by atoms with Crippen LogP contribution >= 0.6 is 11.6 Å². The molecular formula is C19H17ClFN3O. The largest absolute Gasteiger partial charge is 0.348 e. The number of amides is 1. The fourth-order valence-electron chi connectivity index (χ4n) is 2.57. The van der Waals surface area contributed by atoms with Crippen LogP contribution in [0.5, 0.6) is 0 Å². The van der Waals surface area contributed by atoms with Crippen LogP contribution in [0.25, 0.3) is 5.69 Å². The summed E-state index contributed by atoms with van der Waals surface area (Å²) in [7, 11) is 0. The van der Waals surface area contributed by atoms with E-state index in [4.69, 9.17) is 11.6 Å². The van der Waals surface area contributed by atoms with Crippen LogP contribution in [0.3, 0.4) is 0 Å². The Morgan fingerprint density at radius 1 is 1.20 bits per heavy atom. The summed E-state index contributed by atoms with van der Waals surface area (Å²) in [6.07, 6.45) is 1.54. The molecule has 3 aromatic rings. The van der Waals surface area contributed by atoms with Crippen molar-refractivity contribution in [1.82, 2.24) is 15.1 Å². The third kappa shape index (κ3) is 3.72. The van der Waals surface area contributed by atoms with Crippen LogP contribution in [0.2, 0.25) is 5.02 Å².